The zero-order valence-electron chi connectivity index (χ0n) is 14.0. The van der Waals surface area contributed by atoms with Crippen LogP contribution >= 0.6 is 11.3 Å². The summed E-state index contributed by atoms with van der Waals surface area (Å²) in [5, 5.41) is 12.2. The van der Waals surface area contributed by atoms with Gasteiger partial charge in [-0.1, -0.05) is 24.3 Å². The Morgan fingerprint density at radius 1 is 1.35 bits per heavy atom. The number of nitrogens with zero attached hydrogens (tertiary/aromatic N) is 1. The molecule has 23 heavy (non-hydrogen) atoms. The predicted octanol–water partition coefficient (Wildman–Crippen LogP) is 6.47. The van der Waals surface area contributed by atoms with Crippen LogP contribution in [0.1, 0.15) is 57.2 Å². The van der Waals surface area contributed by atoms with Gasteiger partial charge in [0.1, 0.15) is 0 Å². The van der Waals surface area contributed by atoms with Gasteiger partial charge in [-0.15, -0.1) is 0 Å². The maximum atomic E-state index is 4.48. The first-order chi connectivity index (χ1) is 11.2. The van der Waals surface area contributed by atoms with Crippen LogP contribution in [0, 0.1) is 0 Å². The lowest BCUT2D eigenvalue weighted by Gasteiger charge is -2.12. The Labute approximate surface area is 142 Å². The van der Waals surface area contributed by atoms with Crippen molar-refractivity contribution in [3.8, 4) is 11.3 Å². The number of rotatable bonds is 5. The summed E-state index contributed by atoms with van der Waals surface area (Å²) in [7, 11) is 0. The van der Waals surface area contributed by atoms with Crippen molar-refractivity contribution in [2.75, 3.05) is 0 Å². The average Bonchev–Trinajstić information content (AvgIpc) is 3.24. The van der Waals surface area contributed by atoms with Crippen LogP contribution in [-0.2, 0) is 0 Å². The maximum absolute atomic E-state index is 4.48. The Kier molecular flexibility index (Phi) is 4.97. The average molecular weight is 324 g/mol. The normalized spacial score (nSPS) is 15.6. The quantitative estimate of drug-likeness (QED) is 0.628. The van der Waals surface area contributed by atoms with E-state index < -0.39 is 0 Å². The van der Waals surface area contributed by atoms with Gasteiger partial charge in [0.05, 0.1) is 11.4 Å². The predicted molar refractivity (Wildman–Crippen MR) is 101 cm³/mol. The Bertz CT molecular complexity index is 758. The van der Waals surface area contributed by atoms with Gasteiger partial charge < -0.3 is 0 Å². The van der Waals surface area contributed by atoms with Gasteiger partial charge in [-0.25, -0.2) is 0 Å². The van der Waals surface area contributed by atoms with Crippen molar-refractivity contribution in [1.82, 2.24) is 10.2 Å². The van der Waals surface area contributed by atoms with Crippen molar-refractivity contribution in [2.45, 2.75) is 46.0 Å². The fourth-order valence-corrected chi connectivity index (χ4v) is 3.88. The molecule has 120 valence electrons. The first kappa shape index (κ1) is 16.0. The Balaban J connectivity index is 1.85. The SMILES string of the molecule is C=C(C/C(C)=C/C)c1cc(-c2cscc2C2=CCCCC2)[nH]n1. The van der Waals surface area contributed by atoms with E-state index in [0.717, 1.165) is 23.4 Å². The molecule has 0 aromatic carbocycles. The standard InChI is InChI=1S/C20H24N2S/c1-4-14(2)10-15(3)19-11-20(22-21-19)18-13-23-12-17(18)16-8-6-5-7-9-16/h4,8,11-13H,3,5-7,9-10H2,1-2H3,(H,21,22)/b14-4+. The van der Waals surface area contributed by atoms with E-state index >= 15 is 0 Å². The Morgan fingerprint density at radius 3 is 2.91 bits per heavy atom. The first-order valence-electron chi connectivity index (χ1n) is 8.30. The van der Waals surface area contributed by atoms with Crippen LogP contribution in [0.4, 0.5) is 0 Å². The van der Waals surface area contributed by atoms with Crippen molar-refractivity contribution in [1.29, 1.82) is 0 Å². The van der Waals surface area contributed by atoms with Crippen LogP contribution < -0.4 is 0 Å². The van der Waals surface area contributed by atoms with Crippen LogP contribution in [-0.4, -0.2) is 10.2 Å². The summed E-state index contributed by atoms with van der Waals surface area (Å²) in [4.78, 5) is 0. The molecule has 0 saturated heterocycles. The van der Waals surface area contributed by atoms with Crippen molar-refractivity contribution >= 4 is 22.5 Å². The van der Waals surface area contributed by atoms with Gasteiger partial charge in [0.15, 0.2) is 0 Å². The van der Waals surface area contributed by atoms with Crippen LogP contribution in [0.5, 0.6) is 0 Å². The molecule has 0 unspecified atom stereocenters. The summed E-state index contributed by atoms with van der Waals surface area (Å²) in [6.45, 7) is 8.38. The van der Waals surface area contributed by atoms with Crippen molar-refractivity contribution in [3.63, 3.8) is 0 Å². The lowest BCUT2D eigenvalue weighted by atomic mass is 9.92. The molecule has 0 radical (unpaired) electrons. The molecule has 0 saturated carbocycles. The minimum atomic E-state index is 0.877. The molecular weight excluding hydrogens is 300 g/mol. The van der Waals surface area contributed by atoms with Gasteiger partial charge in [0, 0.05) is 10.9 Å². The summed E-state index contributed by atoms with van der Waals surface area (Å²) in [6.07, 6.45) is 10.4. The number of hydrogen-bond donors (Lipinski definition) is 1. The number of nitrogens with one attached hydrogen (secondary N) is 1. The summed E-state index contributed by atoms with van der Waals surface area (Å²) in [5.41, 5.74) is 8.60. The number of aromatic amines is 1. The molecule has 2 aromatic heterocycles. The van der Waals surface area contributed by atoms with E-state index in [9.17, 15) is 0 Å². The molecule has 2 heterocycles. The van der Waals surface area contributed by atoms with Crippen LogP contribution in [0.2, 0.25) is 0 Å². The van der Waals surface area contributed by atoms with Gasteiger partial charge in [-0.2, -0.15) is 16.4 Å². The highest BCUT2D eigenvalue weighted by Crippen LogP contribution is 2.36. The number of thiophene rings is 1. The third-order valence-corrected chi connectivity index (χ3v) is 5.26. The maximum Gasteiger partial charge on any atom is 0.0884 e. The van der Waals surface area contributed by atoms with Gasteiger partial charge in [0.2, 0.25) is 0 Å². The molecule has 1 aliphatic carbocycles. The van der Waals surface area contributed by atoms with Crippen molar-refractivity contribution < 1.29 is 0 Å². The molecule has 2 aromatic rings. The lowest BCUT2D eigenvalue weighted by Crippen LogP contribution is -1.92. The minimum Gasteiger partial charge on any atom is -0.277 e. The van der Waals surface area contributed by atoms with E-state index in [1.807, 2.05) is 0 Å². The third kappa shape index (κ3) is 3.56. The second-order valence-electron chi connectivity index (χ2n) is 6.26. The van der Waals surface area contributed by atoms with Gasteiger partial charge >= 0.3 is 0 Å². The van der Waals surface area contributed by atoms with Crippen molar-refractivity contribution in [2.24, 2.45) is 0 Å². The molecular formula is C20H24N2S. The summed E-state index contributed by atoms with van der Waals surface area (Å²) < 4.78 is 0. The summed E-state index contributed by atoms with van der Waals surface area (Å²) in [5.74, 6) is 0. The minimum absolute atomic E-state index is 0.877. The van der Waals surface area contributed by atoms with E-state index in [1.165, 1.54) is 48.0 Å². The van der Waals surface area contributed by atoms with Crippen LogP contribution in [0.3, 0.4) is 0 Å². The van der Waals surface area contributed by atoms with Gasteiger partial charge in [-0.3, -0.25) is 5.10 Å². The highest BCUT2D eigenvalue weighted by Gasteiger charge is 2.15. The number of hydrogen-bond acceptors (Lipinski definition) is 2. The fraction of sp³-hybridized carbons (Fsp3) is 0.350. The lowest BCUT2D eigenvalue weighted by molar-refractivity contribution is 0.742. The second-order valence-corrected chi connectivity index (χ2v) is 7.00. The molecule has 1 aliphatic rings. The highest BCUT2D eigenvalue weighted by atomic mass is 32.1. The highest BCUT2D eigenvalue weighted by molar-refractivity contribution is 7.08. The molecule has 0 aliphatic heterocycles. The topological polar surface area (TPSA) is 28.7 Å². The van der Waals surface area contributed by atoms with E-state index in [1.54, 1.807) is 11.3 Å². The largest absolute Gasteiger partial charge is 0.277 e. The Hall–Kier alpha value is -1.87. The first-order valence-corrected chi connectivity index (χ1v) is 9.24. The number of allylic oxidation sites excluding steroid dienone is 5. The van der Waals surface area contributed by atoms with Gasteiger partial charge in [-0.05, 0) is 74.1 Å². The molecule has 3 heteroatoms. The summed E-state index contributed by atoms with van der Waals surface area (Å²) >= 11 is 1.77. The number of H-pyrrole nitrogens is 1. The zero-order chi connectivity index (χ0) is 16.2. The fourth-order valence-electron chi connectivity index (χ4n) is 3.01. The monoisotopic (exact) mass is 324 g/mol. The van der Waals surface area contributed by atoms with Crippen LogP contribution in [0.15, 0.2) is 41.1 Å². The van der Waals surface area contributed by atoms with Crippen LogP contribution in [0.25, 0.3) is 22.4 Å². The molecule has 0 bridgehead atoms. The number of aromatic nitrogens is 2. The van der Waals surface area contributed by atoms with E-state index in [-0.39, 0.29) is 0 Å². The molecule has 0 spiro atoms. The second kappa shape index (κ2) is 7.14. The van der Waals surface area contributed by atoms with E-state index in [0.29, 0.717) is 0 Å². The molecule has 3 rings (SSSR count). The summed E-state index contributed by atoms with van der Waals surface area (Å²) in [6, 6.07) is 2.14. The molecule has 0 amide bonds. The molecule has 1 N–H and O–H groups in total. The Morgan fingerprint density at radius 2 is 2.17 bits per heavy atom. The molecule has 0 fully saturated rings. The molecule has 2 nitrogen and oxygen atoms in total. The van der Waals surface area contributed by atoms with Gasteiger partial charge in [0.25, 0.3) is 0 Å². The molecule has 0 atom stereocenters. The van der Waals surface area contributed by atoms with Crippen molar-refractivity contribution in [3.05, 3.63) is 52.4 Å². The van der Waals surface area contributed by atoms with E-state index in [2.05, 4.69) is 59.6 Å². The third-order valence-electron chi connectivity index (χ3n) is 4.51. The zero-order valence-corrected chi connectivity index (χ0v) is 14.8. The smallest absolute Gasteiger partial charge is 0.0884 e. The van der Waals surface area contributed by atoms with E-state index in [4.69, 9.17) is 0 Å².